The van der Waals surface area contributed by atoms with Crippen LogP contribution in [0.2, 0.25) is 0 Å². The maximum absolute atomic E-state index is 11.8. The van der Waals surface area contributed by atoms with Crippen LogP contribution in [-0.4, -0.2) is 35.7 Å². The van der Waals surface area contributed by atoms with E-state index in [1.165, 1.54) is 0 Å². The molecule has 7 heteroatoms. The minimum absolute atomic E-state index is 0.0277. The smallest absolute Gasteiger partial charge is 0.407 e. The summed E-state index contributed by atoms with van der Waals surface area (Å²) >= 11 is 0. The van der Waals surface area contributed by atoms with E-state index in [-0.39, 0.29) is 16.7 Å². The summed E-state index contributed by atoms with van der Waals surface area (Å²) in [6.45, 7) is 8.71. The Kier molecular flexibility index (Phi) is 5.31. The van der Waals surface area contributed by atoms with Crippen LogP contribution in [-0.2, 0) is 4.74 Å². The van der Waals surface area contributed by atoms with E-state index in [0.29, 0.717) is 18.8 Å². The van der Waals surface area contributed by atoms with Gasteiger partial charge in [-0.1, -0.05) is 6.07 Å². The van der Waals surface area contributed by atoms with Crippen LogP contribution in [0.15, 0.2) is 18.2 Å². The number of hydrogen-bond acceptors (Lipinski definition) is 5. The molecule has 0 saturated carbocycles. The van der Waals surface area contributed by atoms with Crippen molar-refractivity contribution in [2.45, 2.75) is 52.2 Å². The maximum Gasteiger partial charge on any atom is 0.407 e. The van der Waals surface area contributed by atoms with Gasteiger partial charge in [-0.15, -0.1) is 0 Å². The van der Waals surface area contributed by atoms with Crippen LogP contribution in [0.5, 0.6) is 0 Å². The summed E-state index contributed by atoms with van der Waals surface area (Å²) in [5.74, 6) is 0. The third-order valence-corrected chi connectivity index (χ3v) is 3.88. The lowest BCUT2D eigenvalue weighted by atomic mass is 10.0. The summed E-state index contributed by atoms with van der Waals surface area (Å²) in [6.07, 6.45) is 1.04. The first-order valence-electron chi connectivity index (χ1n) is 8.15. The number of amides is 1. The molecule has 1 N–H and O–H groups in total. The van der Waals surface area contributed by atoms with E-state index < -0.39 is 11.7 Å². The molecule has 7 nitrogen and oxygen atoms in total. The van der Waals surface area contributed by atoms with Gasteiger partial charge in [0.2, 0.25) is 0 Å². The lowest BCUT2D eigenvalue weighted by Gasteiger charge is -2.34. The Morgan fingerprint density at radius 3 is 2.50 bits per heavy atom. The van der Waals surface area contributed by atoms with Crippen molar-refractivity contribution >= 4 is 17.5 Å². The van der Waals surface area contributed by atoms with Gasteiger partial charge in [0.05, 0.1) is 4.92 Å². The number of benzene rings is 1. The molecule has 0 spiro atoms. The molecule has 1 amide bonds. The Morgan fingerprint density at radius 2 is 1.96 bits per heavy atom. The van der Waals surface area contributed by atoms with E-state index >= 15 is 0 Å². The van der Waals surface area contributed by atoms with Gasteiger partial charge in [0.15, 0.2) is 0 Å². The predicted octanol–water partition coefficient (Wildman–Crippen LogP) is 3.40. The van der Waals surface area contributed by atoms with Crippen LogP contribution >= 0.6 is 0 Å². The van der Waals surface area contributed by atoms with Gasteiger partial charge in [0, 0.05) is 25.2 Å². The predicted molar refractivity (Wildman–Crippen MR) is 92.4 cm³/mol. The van der Waals surface area contributed by atoms with Crippen LogP contribution in [0.3, 0.4) is 0 Å². The summed E-state index contributed by atoms with van der Waals surface area (Å²) in [6, 6.07) is 5.17. The average molecular weight is 335 g/mol. The molecule has 1 heterocycles. The van der Waals surface area contributed by atoms with E-state index in [0.717, 1.165) is 18.4 Å². The van der Waals surface area contributed by atoms with Crippen molar-refractivity contribution in [3.8, 4) is 0 Å². The van der Waals surface area contributed by atoms with Crippen molar-refractivity contribution in [3.63, 3.8) is 0 Å². The second-order valence-corrected chi connectivity index (χ2v) is 7.16. The number of alkyl carbamates (subject to hydrolysis) is 1. The SMILES string of the molecule is Cc1ccc([N+](=O)[O-])c(N2CCC(NC(=O)OC(C)(C)C)CC2)c1. The molecule has 2 rings (SSSR count). The maximum atomic E-state index is 11.8. The third kappa shape index (κ3) is 4.84. The highest BCUT2D eigenvalue weighted by molar-refractivity contribution is 5.68. The van der Waals surface area contributed by atoms with Crippen LogP contribution in [0.4, 0.5) is 16.2 Å². The van der Waals surface area contributed by atoms with Crippen LogP contribution in [0.25, 0.3) is 0 Å². The lowest BCUT2D eigenvalue weighted by Crippen LogP contribution is -2.46. The number of piperidine rings is 1. The van der Waals surface area contributed by atoms with Gasteiger partial charge in [0.25, 0.3) is 5.69 Å². The molecule has 1 aliphatic rings. The summed E-state index contributed by atoms with van der Waals surface area (Å²) in [5, 5.41) is 14.1. The molecular formula is C17H25N3O4. The van der Waals surface area contributed by atoms with Crippen LogP contribution in [0.1, 0.15) is 39.2 Å². The monoisotopic (exact) mass is 335 g/mol. The molecule has 0 radical (unpaired) electrons. The average Bonchev–Trinajstić information content (AvgIpc) is 2.45. The first kappa shape index (κ1) is 18.0. The fourth-order valence-electron chi connectivity index (χ4n) is 2.78. The van der Waals surface area contributed by atoms with Crippen molar-refractivity contribution < 1.29 is 14.5 Å². The lowest BCUT2D eigenvalue weighted by molar-refractivity contribution is -0.384. The minimum atomic E-state index is -0.521. The largest absolute Gasteiger partial charge is 0.444 e. The standard InChI is InChI=1S/C17H25N3O4/c1-12-5-6-14(20(22)23)15(11-12)19-9-7-13(8-10-19)18-16(21)24-17(2,3)4/h5-6,11,13H,7-10H2,1-4H3,(H,18,21). The second-order valence-electron chi connectivity index (χ2n) is 7.16. The molecule has 1 saturated heterocycles. The molecule has 1 aromatic rings. The second kappa shape index (κ2) is 7.07. The summed E-state index contributed by atoms with van der Waals surface area (Å²) in [5.41, 5.74) is 1.24. The van der Waals surface area contributed by atoms with Crippen LogP contribution in [0, 0.1) is 17.0 Å². The number of nitrogens with one attached hydrogen (secondary N) is 1. The highest BCUT2D eigenvalue weighted by Gasteiger charge is 2.26. The quantitative estimate of drug-likeness (QED) is 0.676. The molecular weight excluding hydrogens is 310 g/mol. The molecule has 0 atom stereocenters. The van der Waals surface area contributed by atoms with Gasteiger partial charge in [0.1, 0.15) is 11.3 Å². The van der Waals surface area contributed by atoms with E-state index in [4.69, 9.17) is 4.74 Å². The van der Waals surface area contributed by atoms with Gasteiger partial charge in [-0.05, 0) is 52.2 Å². The van der Waals surface area contributed by atoms with Crippen molar-refractivity contribution in [1.29, 1.82) is 0 Å². The number of hydrogen-bond donors (Lipinski definition) is 1. The molecule has 0 aliphatic carbocycles. The summed E-state index contributed by atoms with van der Waals surface area (Å²) < 4.78 is 5.27. The van der Waals surface area contributed by atoms with Gasteiger partial charge >= 0.3 is 6.09 Å². The van der Waals surface area contributed by atoms with Gasteiger partial charge in [-0.2, -0.15) is 0 Å². The van der Waals surface area contributed by atoms with Crippen LogP contribution < -0.4 is 10.2 Å². The van der Waals surface area contributed by atoms with Crippen molar-refractivity contribution in [2.75, 3.05) is 18.0 Å². The Bertz CT molecular complexity index is 617. The number of nitrogens with zero attached hydrogens (tertiary/aromatic N) is 2. The normalized spacial score (nSPS) is 15.9. The number of carbonyl (C=O) groups is 1. The number of nitro groups is 1. The van der Waals surface area contributed by atoms with Crippen molar-refractivity contribution in [1.82, 2.24) is 5.32 Å². The van der Waals surface area contributed by atoms with Gasteiger partial charge in [-0.3, -0.25) is 10.1 Å². The summed E-state index contributed by atoms with van der Waals surface area (Å²) in [7, 11) is 0. The summed E-state index contributed by atoms with van der Waals surface area (Å²) in [4.78, 5) is 24.7. The Labute approximate surface area is 142 Å². The fourth-order valence-corrected chi connectivity index (χ4v) is 2.78. The Morgan fingerprint density at radius 1 is 1.33 bits per heavy atom. The number of aryl methyl sites for hydroxylation is 1. The zero-order valence-electron chi connectivity index (χ0n) is 14.7. The molecule has 24 heavy (non-hydrogen) atoms. The third-order valence-electron chi connectivity index (χ3n) is 3.88. The highest BCUT2D eigenvalue weighted by atomic mass is 16.6. The van der Waals surface area contributed by atoms with E-state index in [1.807, 2.05) is 38.7 Å². The zero-order chi connectivity index (χ0) is 17.9. The van der Waals surface area contributed by atoms with Crippen molar-refractivity contribution in [2.24, 2.45) is 0 Å². The Hall–Kier alpha value is -2.31. The molecule has 0 bridgehead atoms. The fraction of sp³-hybridized carbons (Fsp3) is 0.588. The highest BCUT2D eigenvalue weighted by Crippen LogP contribution is 2.31. The van der Waals surface area contributed by atoms with E-state index in [9.17, 15) is 14.9 Å². The number of ether oxygens (including phenoxy) is 1. The first-order valence-corrected chi connectivity index (χ1v) is 8.15. The minimum Gasteiger partial charge on any atom is -0.444 e. The number of anilines is 1. The molecule has 0 aromatic heterocycles. The zero-order valence-corrected chi connectivity index (χ0v) is 14.7. The van der Waals surface area contributed by atoms with Gasteiger partial charge in [-0.25, -0.2) is 4.79 Å². The number of rotatable bonds is 3. The number of nitro benzene ring substituents is 1. The molecule has 1 aromatic carbocycles. The molecule has 1 fully saturated rings. The number of carbonyl (C=O) groups excluding carboxylic acids is 1. The Balaban J connectivity index is 1.97. The molecule has 0 unspecified atom stereocenters. The first-order chi connectivity index (χ1) is 11.2. The van der Waals surface area contributed by atoms with Crippen molar-refractivity contribution in [3.05, 3.63) is 33.9 Å². The van der Waals surface area contributed by atoms with E-state index in [2.05, 4.69) is 5.32 Å². The molecule has 1 aliphatic heterocycles. The van der Waals surface area contributed by atoms with E-state index in [1.54, 1.807) is 12.1 Å². The van der Waals surface area contributed by atoms with Gasteiger partial charge < -0.3 is 15.0 Å². The molecule has 132 valence electrons. The topological polar surface area (TPSA) is 84.7 Å².